The predicted octanol–water partition coefficient (Wildman–Crippen LogP) is 1.97. The third-order valence-corrected chi connectivity index (χ3v) is 3.21. The number of pyridine rings is 1. The van der Waals surface area contributed by atoms with E-state index < -0.39 is 0 Å². The average Bonchev–Trinajstić information content (AvgIpc) is 2.73. The molecule has 0 unspecified atom stereocenters. The van der Waals surface area contributed by atoms with Crippen molar-refractivity contribution in [1.29, 1.82) is 0 Å². The minimum absolute atomic E-state index is 0.535. The van der Waals surface area contributed by atoms with Gasteiger partial charge < -0.3 is 15.0 Å². The van der Waals surface area contributed by atoms with Crippen LogP contribution in [0, 0.1) is 0 Å². The predicted molar refractivity (Wildman–Crippen MR) is 63.2 cm³/mol. The summed E-state index contributed by atoms with van der Waals surface area (Å²) in [5.41, 5.74) is 6.91. The Bertz CT molecular complexity index is 500. The van der Waals surface area contributed by atoms with Gasteiger partial charge in [0.25, 0.3) is 0 Å². The molecule has 0 bridgehead atoms. The first kappa shape index (κ1) is 9.66. The molecule has 0 spiro atoms. The van der Waals surface area contributed by atoms with Crippen molar-refractivity contribution in [3.63, 3.8) is 0 Å². The fraction of sp³-hybridized carbons (Fsp3) is 0.417. The number of nitrogens with zero attached hydrogens (tertiary/aromatic N) is 2. The highest BCUT2D eigenvalue weighted by atomic mass is 16.5. The van der Waals surface area contributed by atoms with Crippen LogP contribution in [0.2, 0.25) is 0 Å². The van der Waals surface area contributed by atoms with Crippen molar-refractivity contribution in [2.75, 3.05) is 18.9 Å². The molecule has 1 aliphatic rings. The van der Waals surface area contributed by atoms with E-state index in [9.17, 15) is 0 Å². The molecule has 0 aromatic carbocycles. The lowest BCUT2D eigenvalue weighted by atomic mass is 10.1. The van der Waals surface area contributed by atoms with Gasteiger partial charge in [-0.25, -0.2) is 4.98 Å². The molecule has 3 rings (SSSR count). The van der Waals surface area contributed by atoms with Crippen LogP contribution in [-0.4, -0.2) is 22.8 Å². The molecular formula is C12H15N3O. The zero-order chi connectivity index (χ0) is 11.0. The molecule has 0 saturated carbocycles. The van der Waals surface area contributed by atoms with Gasteiger partial charge in [-0.15, -0.1) is 0 Å². The van der Waals surface area contributed by atoms with Gasteiger partial charge in [0.2, 0.25) is 0 Å². The van der Waals surface area contributed by atoms with Crippen molar-refractivity contribution in [1.82, 2.24) is 9.55 Å². The number of fused-ring (bicyclic) bond motifs is 1. The Morgan fingerprint density at radius 1 is 1.38 bits per heavy atom. The van der Waals surface area contributed by atoms with E-state index >= 15 is 0 Å². The van der Waals surface area contributed by atoms with Crippen LogP contribution in [0.5, 0.6) is 0 Å². The van der Waals surface area contributed by atoms with Gasteiger partial charge >= 0.3 is 0 Å². The molecule has 0 amide bonds. The minimum Gasteiger partial charge on any atom is -0.384 e. The maximum atomic E-state index is 5.73. The monoisotopic (exact) mass is 217 g/mol. The molecule has 2 aromatic rings. The molecular weight excluding hydrogens is 202 g/mol. The van der Waals surface area contributed by atoms with Crippen LogP contribution in [0.1, 0.15) is 18.9 Å². The van der Waals surface area contributed by atoms with Crippen LogP contribution in [-0.2, 0) is 4.74 Å². The Morgan fingerprint density at radius 2 is 2.19 bits per heavy atom. The molecule has 4 heteroatoms. The quantitative estimate of drug-likeness (QED) is 0.794. The first-order chi connectivity index (χ1) is 7.84. The van der Waals surface area contributed by atoms with Crippen LogP contribution >= 0.6 is 0 Å². The molecule has 2 N–H and O–H groups in total. The summed E-state index contributed by atoms with van der Waals surface area (Å²) in [5, 5.41) is 1.15. The molecule has 0 radical (unpaired) electrons. The molecule has 2 aromatic heterocycles. The van der Waals surface area contributed by atoms with E-state index in [-0.39, 0.29) is 0 Å². The number of hydrogen-bond acceptors (Lipinski definition) is 3. The summed E-state index contributed by atoms with van der Waals surface area (Å²) in [4.78, 5) is 4.11. The third-order valence-electron chi connectivity index (χ3n) is 3.21. The number of anilines is 1. The van der Waals surface area contributed by atoms with Crippen LogP contribution in [0.25, 0.3) is 10.9 Å². The Labute approximate surface area is 94.0 Å². The van der Waals surface area contributed by atoms with Crippen LogP contribution in [0.15, 0.2) is 24.5 Å². The summed E-state index contributed by atoms with van der Waals surface area (Å²) in [7, 11) is 0. The lowest BCUT2D eigenvalue weighted by molar-refractivity contribution is 0.0707. The van der Waals surface area contributed by atoms with Gasteiger partial charge in [-0.2, -0.15) is 0 Å². The van der Waals surface area contributed by atoms with Crippen LogP contribution in [0.4, 0.5) is 5.82 Å². The van der Waals surface area contributed by atoms with Crippen LogP contribution < -0.4 is 5.73 Å². The Kier molecular flexibility index (Phi) is 2.29. The maximum absolute atomic E-state index is 5.73. The maximum Gasteiger partial charge on any atom is 0.125 e. The molecule has 84 valence electrons. The van der Waals surface area contributed by atoms with Gasteiger partial charge in [0.05, 0.1) is 5.52 Å². The first-order valence-corrected chi connectivity index (χ1v) is 5.64. The molecule has 1 saturated heterocycles. The highest BCUT2D eigenvalue weighted by Crippen LogP contribution is 2.27. The number of aromatic nitrogens is 2. The topological polar surface area (TPSA) is 53.1 Å². The zero-order valence-corrected chi connectivity index (χ0v) is 9.10. The van der Waals surface area contributed by atoms with Crippen molar-refractivity contribution < 1.29 is 4.74 Å². The number of nitrogens with two attached hydrogens (primary N) is 1. The van der Waals surface area contributed by atoms with Crippen molar-refractivity contribution >= 4 is 16.7 Å². The van der Waals surface area contributed by atoms with Gasteiger partial charge in [-0.05, 0) is 18.9 Å². The molecule has 16 heavy (non-hydrogen) atoms. The Balaban J connectivity index is 2.05. The molecule has 1 aliphatic heterocycles. The molecule has 3 heterocycles. The SMILES string of the molecule is Nc1cc2c(ccn2C2CCOCC2)cn1. The molecule has 1 fully saturated rings. The molecule has 0 atom stereocenters. The average molecular weight is 217 g/mol. The van der Waals surface area contributed by atoms with E-state index in [0.717, 1.165) is 31.4 Å². The van der Waals surface area contributed by atoms with Gasteiger partial charge in [0.15, 0.2) is 0 Å². The number of rotatable bonds is 1. The second kappa shape index (κ2) is 3.79. The summed E-state index contributed by atoms with van der Waals surface area (Å²) in [6, 6.07) is 4.58. The fourth-order valence-electron chi connectivity index (χ4n) is 2.35. The second-order valence-electron chi connectivity index (χ2n) is 4.23. The van der Waals surface area contributed by atoms with E-state index in [0.29, 0.717) is 11.9 Å². The van der Waals surface area contributed by atoms with Gasteiger partial charge in [0.1, 0.15) is 5.82 Å². The summed E-state index contributed by atoms with van der Waals surface area (Å²) >= 11 is 0. The van der Waals surface area contributed by atoms with Crippen LogP contribution in [0.3, 0.4) is 0 Å². The van der Waals surface area contributed by atoms with Crippen molar-refractivity contribution in [3.05, 3.63) is 24.5 Å². The smallest absolute Gasteiger partial charge is 0.125 e. The van der Waals surface area contributed by atoms with Crippen molar-refractivity contribution in [2.24, 2.45) is 0 Å². The van der Waals surface area contributed by atoms with Gasteiger partial charge in [0, 0.05) is 43.1 Å². The lowest BCUT2D eigenvalue weighted by Gasteiger charge is -2.24. The largest absolute Gasteiger partial charge is 0.384 e. The van der Waals surface area contributed by atoms with E-state index in [2.05, 4.69) is 21.8 Å². The minimum atomic E-state index is 0.535. The van der Waals surface area contributed by atoms with Gasteiger partial charge in [-0.1, -0.05) is 0 Å². The van der Waals surface area contributed by atoms with Gasteiger partial charge in [-0.3, -0.25) is 0 Å². The highest BCUT2D eigenvalue weighted by molar-refractivity contribution is 5.81. The van der Waals surface area contributed by atoms with E-state index in [1.54, 1.807) is 0 Å². The summed E-state index contributed by atoms with van der Waals surface area (Å²) in [5.74, 6) is 0.583. The standard InChI is InChI=1S/C12H15N3O/c13-12-7-11-9(8-14-12)1-4-15(11)10-2-5-16-6-3-10/h1,4,7-8,10H,2-3,5-6H2,(H2,13,14). The molecule has 0 aliphatic carbocycles. The third kappa shape index (κ3) is 1.55. The van der Waals surface area contributed by atoms with Crippen molar-refractivity contribution in [3.8, 4) is 0 Å². The summed E-state index contributed by atoms with van der Waals surface area (Å²) in [6.07, 6.45) is 6.11. The fourth-order valence-corrected chi connectivity index (χ4v) is 2.35. The van der Waals surface area contributed by atoms with E-state index in [1.165, 1.54) is 5.52 Å². The Hall–Kier alpha value is -1.55. The summed E-state index contributed by atoms with van der Waals surface area (Å²) in [6.45, 7) is 1.70. The van der Waals surface area contributed by atoms with Crippen molar-refractivity contribution in [2.45, 2.75) is 18.9 Å². The normalized spacial score (nSPS) is 18.0. The zero-order valence-electron chi connectivity index (χ0n) is 9.10. The second-order valence-corrected chi connectivity index (χ2v) is 4.23. The molecule has 4 nitrogen and oxygen atoms in total. The summed E-state index contributed by atoms with van der Waals surface area (Å²) < 4.78 is 7.68. The van der Waals surface area contributed by atoms with E-state index in [1.807, 2.05) is 12.3 Å². The Morgan fingerprint density at radius 3 is 3.00 bits per heavy atom. The first-order valence-electron chi connectivity index (χ1n) is 5.64. The number of ether oxygens (including phenoxy) is 1. The highest BCUT2D eigenvalue weighted by Gasteiger charge is 2.16. The lowest BCUT2D eigenvalue weighted by Crippen LogP contribution is -2.18. The number of hydrogen-bond donors (Lipinski definition) is 1. The number of nitrogen functional groups attached to an aromatic ring is 1. The van der Waals surface area contributed by atoms with E-state index in [4.69, 9.17) is 10.5 Å².